The zero-order chi connectivity index (χ0) is 16.8. The lowest BCUT2D eigenvalue weighted by molar-refractivity contribution is -0.137. The van der Waals surface area contributed by atoms with Crippen molar-refractivity contribution < 1.29 is 26.1 Å². The number of hydrogen-bond acceptors (Lipinski definition) is 2. The van der Waals surface area contributed by atoms with Crippen LogP contribution in [-0.4, -0.2) is 13.0 Å². The van der Waals surface area contributed by atoms with E-state index in [1.807, 2.05) is 0 Å². The van der Waals surface area contributed by atoms with Gasteiger partial charge in [-0.15, -0.1) is 0 Å². The number of rotatable bonds is 2. The summed E-state index contributed by atoms with van der Waals surface area (Å²) in [5, 5.41) is 0. The fraction of sp³-hybridized carbons (Fsp3) is 0.600. The van der Waals surface area contributed by atoms with Crippen molar-refractivity contribution in [3.8, 4) is 0 Å². The van der Waals surface area contributed by atoms with E-state index in [-0.39, 0.29) is 16.9 Å². The third-order valence-electron chi connectivity index (χ3n) is 4.39. The molecule has 0 spiro atoms. The topological polar surface area (TPSA) is 54.4 Å². The molecule has 7 heteroatoms. The van der Waals surface area contributed by atoms with Crippen LogP contribution < -0.4 is 0 Å². The summed E-state index contributed by atoms with van der Waals surface area (Å²) in [5.74, 6) is -0.285. The number of halogens is 3. The van der Waals surface area contributed by atoms with Gasteiger partial charge in [-0.05, 0) is 60.8 Å². The summed E-state index contributed by atoms with van der Waals surface area (Å²) in [7, 11) is -4.54. The zero-order valence-electron chi connectivity index (χ0n) is 12.4. The average Bonchev–Trinajstić information content (AvgIpc) is 2.36. The molecule has 1 aromatic rings. The van der Waals surface area contributed by atoms with Gasteiger partial charge in [0.25, 0.3) is 10.1 Å². The highest BCUT2D eigenvalue weighted by atomic mass is 32.2. The number of benzene rings is 1. The molecular formula is C15H19F3O3S. The molecular weight excluding hydrogens is 317 g/mol. The molecule has 0 bridgehead atoms. The summed E-state index contributed by atoms with van der Waals surface area (Å²) >= 11 is 0. The summed E-state index contributed by atoms with van der Waals surface area (Å²) in [6.07, 6.45) is -1.72. The van der Waals surface area contributed by atoms with Crippen LogP contribution in [0, 0.1) is 5.41 Å². The van der Waals surface area contributed by atoms with E-state index in [2.05, 4.69) is 13.8 Å². The summed E-state index contributed by atoms with van der Waals surface area (Å²) < 4.78 is 70.8. The zero-order valence-corrected chi connectivity index (χ0v) is 13.3. The van der Waals surface area contributed by atoms with Crippen LogP contribution in [0.3, 0.4) is 0 Å². The predicted molar refractivity (Wildman–Crippen MR) is 76.2 cm³/mol. The van der Waals surface area contributed by atoms with Gasteiger partial charge in [0, 0.05) is 0 Å². The Morgan fingerprint density at radius 3 is 2.18 bits per heavy atom. The van der Waals surface area contributed by atoms with E-state index in [0.29, 0.717) is 18.9 Å². The fourth-order valence-corrected chi connectivity index (χ4v) is 3.75. The SMILES string of the molecule is CC1(C)CCC(c2cc(C(F)(F)F)ccc2S(=O)(=O)O)CC1. The van der Waals surface area contributed by atoms with E-state index in [1.165, 1.54) is 0 Å². The first-order valence-corrected chi connectivity index (χ1v) is 8.53. The van der Waals surface area contributed by atoms with Crippen LogP contribution in [-0.2, 0) is 16.3 Å². The summed E-state index contributed by atoms with van der Waals surface area (Å²) in [6, 6.07) is 2.42. The molecule has 0 radical (unpaired) electrons. The largest absolute Gasteiger partial charge is 0.416 e. The van der Waals surface area contributed by atoms with Crippen molar-refractivity contribution in [2.45, 2.75) is 56.5 Å². The molecule has 0 amide bonds. The predicted octanol–water partition coefficient (Wildman–Crippen LogP) is 4.64. The second kappa shape index (κ2) is 5.53. The van der Waals surface area contributed by atoms with Crippen LogP contribution in [0.15, 0.2) is 23.1 Å². The van der Waals surface area contributed by atoms with Gasteiger partial charge in [-0.3, -0.25) is 4.55 Å². The lowest BCUT2D eigenvalue weighted by Gasteiger charge is -2.35. The van der Waals surface area contributed by atoms with Gasteiger partial charge in [0.05, 0.1) is 10.5 Å². The van der Waals surface area contributed by atoms with Crippen molar-refractivity contribution in [1.82, 2.24) is 0 Å². The second-order valence-corrected chi connectivity index (χ2v) is 8.05. The van der Waals surface area contributed by atoms with Crippen LogP contribution in [0.1, 0.15) is 56.6 Å². The minimum atomic E-state index is -4.54. The third-order valence-corrected chi connectivity index (χ3v) is 5.32. The molecule has 2 rings (SSSR count). The fourth-order valence-electron chi connectivity index (χ4n) is 2.99. The van der Waals surface area contributed by atoms with E-state index in [1.54, 1.807) is 0 Å². The van der Waals surface area contributed by atoms with Gasteiger partial charge in [0.1, 0.15) is 0 Å². The Hall–Kier alpha value is -1.08. The molecule has 0 saturated heterocycles. The Morgan fingerprint density at radius 1 is 1.18 bits per heavy atom. The van der Waals surface area contributed by atoms with Crippen molar-refractivity contribution in [1.29, 1.82) is 0 Å². The highest BCUT2D eigenvalue weighted by Crippen LogP contribution is 2.45. The molecule has 1 aliphatic rings. The highest BCUT2D eigenvalue weighted by Gasteiger charge is 2.35. The summed E-state index contributed by atoms with van der Waals surface area (Å²) in [4.78, 5) is -0.412. The molecule has 1 N–H and O–H groups in total. The first kappa shape index (κ1) is 17.3. The smallest absolute Gasteiger partial charge is 0.282 e. The standard InChI is InChI=1S/C15H19F3O3S/c1-14(2)7-5-10(6-8-14)12-9-11(15(16,17)18)3-4-13(12)22(19,20)21/h3-4,9-10H,5-8H2,1-2H3,(H,19,20,21). The van der Waals surface area contributed by atoms with E-state index >= 15 is 0 Å². The minimum Gasteiger partial charge on any atom is -0.282 e. The van der Waals surface area contributed by atoms with Gasteiger partial charge in [-0.2, -0.15) is 21.6 Å². The maximum Gasteiger partial charge on any atom is 0.416 e. The molecule has 3 nitrogen and oxygen atoms in total. The second-order valence-electron chi connectivity index (χ2n) is 6.66. The maximum absolute atomic E-state index is 12.9. The molecule has 0 aromatic heterocycles. The number of hydrogen-bond donors (Lipinski definition) is 1. The van der Waals surface area contributed by atoms with E-state index in [9.17, 15) is 26.1 Å². The van der Waals surface area contributed by atoms with Crippen molar-refractivity contribution in [3.63, 3.8) is 0 Å². The van der Waals surface area contributed by atoms with E-state index < -0.39 is 26.8 Å². The van der Waals surface area contributed by atoms with Crippen LogP contribution >= 0.6 is 0 Å². The Labute approximate surface area is 128 Å². The Morgan fingerprint density at radius 2 is 1.73 bits per heavy atom. The highest BCUT2D eigenvalue weighted by molar-refractivity contribution is 7.85. The lowest BCUT2D eigenvalue weighted by atomic mass is 9.71. The van der Waals surface area contributed by atoms with Gasteiger partial charge < -0.3 is 0 Å². The average molecular weight is 336 g/mol. The van der Waals surface area contributed by atoms with Crippen molar-refractivity contribution in [3.05, 3.63) is 29.3 Å². The van der Waals surface area contributed by atoms with Crippen molar-refractivity contribution in [2.24, 2.45) is 5.41 Å². The summed E-state index contributed by atoms with van der Waals surface area (Å²) in [6.45, 7) is 4.16. The van der Waals surface area contributed by atoms with Crippen molar-refractivity contribution >= 4 is 10.1 Å². The first-order valence-electron chi connectivity index (χ1n) is 7.09. The van der Waals surface area contributed by atoms with Crippen molar-refractivity contribution in [2.75, 3.05) is 0 Å². The molecule has 1 aromatic carbocycles. The number of alkyl halides is 3. The van der Waals surface area contributed by atoms with E-state index in [4.69, 9.17) is 0 Å². The Balaban J connectivity index is 2.47. The lowest BCUT2D eigenvalue weighted by Crippen LogP contribution is -2.22. The molecule has 124 valence electrons. The molecule has 1 fully saturated rings. The van der Waals surface area contributed by atoms with Gasteiger partial charge in [-0.1, -0.05) is 13.8 Å². The molecule has 0 unspecified atom stereocenters. The molecule has 0 aliphatic heterocycles. The van der Waals surface area contributed by atoms with Crippen LogP contribution in [0.25, 0.3) is 0 Å². The third kappa shape index (κ3) is 3.81. The Bertz CT molecular complexity index is 653. The van der Waals surface area contributed by atoms with Gasteiger partial charge in [-0.25, -0.2) is 0 Å². The Kier molecular flexibility index (Phi) is 4.34. The molecule has 22 heavy (non-hydrogen) atoms. The molecule has 0 atom stereocenters. The molecule has 1 aliphatic carbocycles. The van der Waals surface area contributed by atoms with Crippen LogP contribution in [0.2, 0.25) is 0 Å². The molecule has 0 heterocycles. The van der Waals surface area contributed by atoms with Gasteiger partial charge >= 0.3 is 6.18 Å². The molecule has 1 saturated carbocycles. The normalized spacial score (nSPS) is 20.1. The van der Waals surface area contributed by atoms with Crippen LogP contribution in [0.5, 0.6) is 0 Å². The first-order chi connectivity index (χ1) is 9.90. The van der Waals surface area contributed by atoms with Crippen LogP contribution in [0.4, 0.5) is 13.2 Å². The van der Waals surface area contributed by atoms with Gasteiger partial charge in [0.2, 0.25) is 0 Å². The summed E-state index contributed by atoms with van der Waals surface area (Å²) in [5.41, 5.74) is -0.705. The minimum absolute atomic E-state index is 0.0767. The quantitative estimate of drug-likeness (QED) is 0.801. The maximum atomic E-state index is 12.9. The monoisotopic (exact) mass is 336 g/mol. The van der Waals surface area contributed by atoms with Gasteiger partial charge in [0.15, 0.2) is 0 Å². The van der Waals surface area contributed by atoms with E-state index in [0.717, 1.165) is 25.0 Å².